The molecule has 0 fully saturated rings. The van der Waals surface area contributed by atoms with Gasteiger partial charge in [0.1, 0.15) is 5.75 Å². The standard InChI is InChI=1S/C8H5ClOS2/c9-5-1-4-2-8(11)12-7(4)3-6(5)10/h1-3,10-11H. The van der Waals surface area contributed by atoms with Crippen LogP contribution in [0.3, 0.4) is 0 Å². The highest BCUT2D eigenvalue weighted by Crippen LogP contribution is 2.34. The van der Waals surface area contributed by atoms with Crippen LogP contribution in [-0.4, -0.2) is 5.11 Å². The molecule has 1 aromatic heterocycles. The number of fused-ring (bicyclic) bond motifs is 1. The lowest BCUT2D eigenvalue weighted by Gasteiger charge is -1.94. The van der Waals surface area contributed by atoms with Gasteiger partial charge in [-0.3, -0.25) is 0 Å². The fraction of sp³-hybridized carbons (Fsp3) is 0. The Bertz CT molecular complexity index is 397. The fourth-order valence-corrected chi connectivity index (χ4v) is 2.46. The quantitative estimate of drug-likeness (QED) is 0.646. The van der Waals surface area contributed by atoms with Crippen molar-refractivity contribution in [3.05, 3.63) is 23.2 Å². The molecule has 62 valence electrons. The zero-order valence-electron chi connectivity index (χ0n) is 5.91. The van der Waals surface area contributed by atoms with Gasteiger partial charge in [0, 0.05) is 4.70 Å². The minimum atomic E-state index is 0.124. The SMILES string of the molecule is Oc1cc2sc(S)cc2cc1Cl. The van der Waals surface area contributed by atoms with Crippen molar-refractivity contribution in [1.29, 1.82) is 0 Å². The van der Waals surface area contributed by atoms with Crippen LogP contribution in [0.25, 0.3) is 10.1 Å². The maximum absolute atomic E-state index is 9.28. The smallest absolute Gasteiger partial charge is 0.135 e. The first-order valence-corrected chi connectivity index (χ1v) is 4.92. The number of thiol groups is 1. The van der Waals surface area contributed by atoms with Crippen molar-refractivity contribution in [3.8, 4) is 5.75 Å². The summed E-state index contributed by atoms with van der Waals surface area (Å²) in [5.74, 6) is 0.124. The lowest BCUT2D eigenvalue weighted by atomic mass is 10.2. The molecule has 2 rings (SSSR count). The fourth-order valence-electron chi connectivity index (χ4n) is 1.03. The van der Waals surface area contributed by atoms with Crippen LogP contribution in [0, 0.1) is 0 Å². The van der Waals surface area contributed by atoms with Crippen LogP contribution in [0.15, 0.2) is 22.4 Å². The third kappa shape index (κ3) is 1.28. The maximum Gasteiger partial charge on any atom is 0.135 e. The molecule has 0 spiro atoms. The first kappa shape index (κ1) is 8.23. The average molecular weight is 217 g/mol. The number of benzene rings is 1. The van der Waals surface area contributed by atoms with Crippen LogP contribution in [0.5, 0.6) is 5.75 Å². The van der Waals surface area contributed by atoms with E-state index in [-0.39, 0.29) is 5.75 Å². The Morgan fingerprint density at radius 1 is 1.33 bits per heavy atom. The minimum absolute atomic E-state index is 0.124. The summed E-state index contributed by atoms with van der Waals surface area (Å²) in [6, 6.07) is 5.32. The van der Waals surface area contributed by atoms with Gasteiger partial charge in [0.05, 0.1) is 9.23 Å². The molecular formula is C8H5ClOS2. The van der Waals surface area contributed by atoms with E-state index < -0.39 is 0 Å². The number of thiophene rings is 1. The lowest BCUT2D eigenvalue weighted by molar-refractivity contribution is 0.476. The molecule has 0 aliphatic carbocycles. The minimum Gasteiger partial charge on any atom is -0.506 e. The van der Waals surface area contributed by atoms with Gasteiger partial charge >= 0.3 is 0 Å². The summed E-state index contributed by atoms with van der Waals surface area (Å²) < 4.78 is 1.92. The summed E-state index contributed by atoms with van der Waals surface area (Å²) in [6.07, 6.45) is 0. The zero-order valence-corrected chi connectivity index (χ0v) is 8.38. The molecule has 4 heteroatoms. The monoisotopic (exact) mass is 216 g/mol. The molecule has 2 aromatic rings. The summed E-state index contributed by atoms with van der Waals surface area (Å²) in [6.45, 7) is 0. The molecule has 1 aromatic carbocycles. The number of hydrogen-bond acceptors (Lipinski definition) is 3. The highest BCUT2D eigenvalue weighted by molar-refractivity contribution is 7.83. The van der Waals surface area contributed by atoms with Crippen molar-refractivity contribution in [1.82, 2.24) is 0 Å². The van der Waals surface area contributed by atoms with Gasteiger partial charge in [0.2, 0.25) is 0 Å². The first-order chi connectivity index (χ1) is 5.66. The van der Waals surface area contributed by atoms with Crippen molar-refractivity contribution in [3.63, 3.8) is 0 Å². The Morgan fingerprint density at radius 2 is 2.08 bits per heavy atom. The highest BCUT2D eigenvalue weighted by atomic mass is 35.5. The molecule has 0 aliphatic rings. The van der Waals surface area contributed by atoms with Crippen LogP contribution in [-0.2, 0) is 0 Å². The molecule has 1 nitrogen and oxygen atoms in total. The summed E-state index contributed by atoms with van der Waals surface area (Å²) in [7, 11) is 0. The molecular weight excluding hydrogens is 212 g/mol. The molecule has 0 atom stereocenters. The van der Waals surface area contributed by atoms with Crippen LogP contribution in [0.2, 0.25) is 5.02 Å². The predicted octanol–water partition coefficient (Wildman–Crippen LogP) is 3.55. The van der Waals surface area contributed by atoms with Gasteiger partial charge in [-0.15, -0.1) is 24.0 Å². The van der Waals surface area contributed by atoms with Crippen LogP contribution >= 0.6 is 35.6 Å². The molecule has 0 radical (unpaired) electrons. The zero-order chi connectivity index (χ0) is 8.72. The second-order valence-electron chi connectivity index (χ2n) is 2.43. The molecule has 0 saturated heterocycles. The Hall–Kier alpha value is -0.380. The van der Waals surface area contributed by atoms with E-state index in [1.165, 1.54) is 11.3 Å². The van der Waals surface area contributed by atoms with Crippen molar-refractivity contribution >= 4 is 45.7 Å². The van der Waals surface area contributed by atoms with Gasteiger partial charge in [-0.2, -0.15) is 0 Å². The van der Waals surface area contributed by atoms with Crippen molar-refractivity contribution < 1.29 is 5.11 Å². The van der Waals surface area contributed by atoms with Gasteiger partial charge in [-0.1, -0.05) is 11.6 Å². The highest BCUT2D eigenvalue weighted by Gasteiger charge is 2.03. The van der Waals surface area contributed by atoms with E-state index in [9.17, 15) is 5.11 Å². The number of rotatable bonds is 0. The van der Waals surface area contributed by atoms with E-state index in [4.69, 9.17) is 11.6 Å². The first-order valence-electron chi connectivity index (χ1n) is 3.28. The second kappa shape index (κ2) is 2.83. The third-order valence-electron chi connectivity index (χ3n) is 1.57. The molecule has 0 aliphatic heterocycles. The number of phenolic OH excluding ortho intramolecular Hbond substituents is 1. The molecule has 1 heterocycles. The third-order valence-corrected chi connectivity index (χ3v) is 3.18. The number of halogens is 1. The van der Waals surface area contributed by atoms with Crippen LogP contribution in [0.4, 0.5) is 0 Å². The van der Waals surface area contributed by atoms with E-state index in [1.807, 2.05) is 6.07 Å². The van der Waals surface area contributed by atoms with Crippen LogP contribution in [0.1, 0.15) is 0 Å². The maximum atomic E-state index is 9.28. The molecule has 0 saturated carbocycles. The van der Waals surface area contributed by atoms with E-state index >= 15 is 0 Å². The Morgan fingerprint density at radius 3 is 2.83 bits per heavy atom. The van der Waals surface area contributed by atoms with Gasteiger partial charge in [0.25, 0.3) is 0 Å². The van der Waals surface area contributed by atoms with Gasteiger partial charge in [-0.05, 0) is 23.6 Å². The van der Waals surface area contributed by atoms with E-state index in [0.29, 0.717) is 5.02 Å². The van der Waals surface area contributed by atoms with Gasteiger partial charge in [0.15, 0.2) is 0 Å². The van der Waals surface area contributed by atoms with Gasteiger partial charge < -0.3 is 5.11 Å². The normalized spacial score (nSPS) is 10.8. The topological polar surface area (TPSA) is 20.2 Å². The summed E-state index contributed by atoms with van der Waals surface area (Å²) in [5.41, 5.74) is 0. The van der Waals surface area contributed by atoms with Crippen LogP contribution < -0.4 is 0 Å². The largest absolute Gasteiger partial charge is 0.506 e. The van der Waals surface area contributed by atoms with Crippen molar-refractivity contribution in [2.75, 3.05) is 0 Å². The second-order valence-corrected chi connectivity index (χ2v) is 4.70. The number of hydrogen-bond donors (Lipinski definition) is 2. The predicted molar refractivity (Wildman–Crippen MR) is 55.8 cm³/mol. The Balaban J connectivity index is 2.83. The summed E-state index contributed by atoms with van der Waals surface area (Å²) in [4.78, 5) is 0. The number of phenols is 1. The van der Waals surface area contributed by atoms with Crippen molar-refractivity contribution in [2.24, 2.45) is 0 Å². The van der Waals surface area contributed by atoms with Gasteiger partial charge in [-0.25, -0.2) is 0 Å². The van der Waals surface area contributed by atoms with E-state index in [0.717, 1.165) is 14.3 Å². The Labute approximate surface area is 84.0 Å². The van der Waals surface area contributed by atoms with E-state index in [2.05, 4.69) is 12.6 Å². The molecule has 0 bridgehead atoms. The molecule has 1 N–H and O–H groups in total. The lowest BCUT2D eigenvalue weighted by Crippen LogP contribution is -1.66. The van der Waals surface area contributed by atoms with Crippen molar-refractivity contribution in [2.45, 2.75) is 4.21 Å². The Kier molecular flexibility index (Phi) is 1.94. The number of aromatic hydroxyl groups is 1. The summed E-state index contributed by atoms with van der Waals surface area (Å²) >= 11 is 11.5. The molecule has 0 amide bonds. The molecule has 12 heavy (non-hydrogen) atoms. The summed E-state index contributed by atoms with van der Waals surface area (Å²) in [5, 5.41) is 10.7. The average Bonchev–Trinajstić information content (AvgIpc) is 2.30. The van der Waals surface area contributed by atoms with E-state index in [1.54, 1.807) is 12.1 Å². The molecule has 0 unspecified atom stereocenters.